The van der Waals surface area contributed by atoms with Crippen molar-refractivity contribution in [2.45, 2.75) is 6.92 Å². The first-order valence-electron chi connectivity index (χ1n) is 7.81. The summed E-state index contributed by atoms with van der Waals surface area (Å²) in [5.74, 6) is -0.159. The molecule has 0 fully saturated rings. The molecule has 0 spiro atoms. The van der Waals surface area contributed by atoms with Crippen LogP contribution in [0.4, 0.5) is 0 Å². The Morgan fingerprint density at radius 2 is 1.96 bits per heavy atom. The summed E-state index contributed by atoms with van der Waals surface area (Å²) in [4.78, 5) is 23.7. The highest BCUT2D eigenvalue weighted by molar-refractivity contribution is 9.10. The zero-order valence-corrected chi connectivity index (χ0v) is 15.6. The number of ether oxygens (including phenoxy) is 1. The van der Waals surface area contributed by atoms with Crippen molar-refractivity contribution in [3.8, 4) is 11.5 Å². The molecule has 0 unspecified atom stereocenters. The number of hydrogen-bond acceptors (Lipinski definition) is 5. The van der Waals surface area contributed by atoms with Crippen molar-refractivity contribution < 1.29 is 19.4 Å². The van der Waals surface area contributed by atoms with Crippen molar-refractivity contribution >= 4 is 34.0 Å². The van der Waals surface area contributed by atoms with Gasteiger partial charge in [-0.3, -0.25) is 9.59 Å². The lowest BCUT2D eigenvalue weighted by atomic mass is 10.2. The molecule has 0 aliphatic carbocycles. The number of hydrogen-bond donors (Lipinski definition) is 3. The van der Waals surface area contributed by atoms with Gasteiger partial charge in [-0.2, -0.15) is 5.10 Å². The fourth-order valence-electron chi connectivity index (χ4n) is 1.97. The van der Waals surface area contributed by atoms with E-state index in [0.717, 1.165) is 4.47 Å². The zero-order valence-electron chi connectivity index (χ0n) is 14.0. The van der Waals surface area contributed by atoms with Crippen LogP contribution >= 0.6 is 15.9 Å². The number of carbonyl (C=O) groups is 2. The van der Waals surface area contributed by atoms with Crippen LogP contribution in [-0.4, -0.2) is 36.3 Å². The molecule has 136 valence electrons. The second kappa shape index (κ2) is 9.57. The van der Waals surface area contributed by atoms with Gasteiger partial charge in [0, 0.05) is 15.6 Å². The maximum Gasteiger partial charge on any atom is 0.259 e. The zero-order chi connectivity index (χ0) is 18.9. The number of benzene rings is 2. The van der Waals surface area contributed by atoms with E-state index in [4.69, 9.17) is 4.74 Å². The van der Waals surface area contributed by atoms with Crippen LogP contribution in [0.25, 0.3) is 0 Å². The molecule has 0 saturated carbocycles. The largest absolute Gasteiger partial charge is 0.507 e. The van der Waals surface area contributed by atoms with Crippen LogP contribution in [-0.2, 0) is 4.79 Å². The summed E-state index contributed by atoms with van der Waals surface area (Å²) >= 11 is 3.28. The van der Waals surface area contributed by atoms with Gasteiger partial charge in [-0.25, -0.2) is 5.43 Å². The van der Waals surface area contributed by atoms with Gasteiger partial charge in [-0.15, -0.1) is 0 Å². The second-order valence-corrected chi connectivity index (χ2v) is 6.05. The van der Waals surface area contributed by atoms with Crippen LogP contribution in [0, 0.1) is 0 Å². The van der Waals surface area contributed by atoms with Crippen molar-refractivity contribution in [3.05, 3.63) is 58.1 Å². The average molecular weight is 420 g/mol. The molecule has 3 N–H and O–H groups in total. The normalized spacial score (nSPS) is 10.5. The summed E-state index contributed by atoms with van der Waals surface area (Å²) in [5.41, 5.74) is 3.14. The third kappa shape index (κ3) is 5.89. The molecule has 0 radical (unpaired) electrons. The average Bonchev–Trinajstić information content (AvgIpc) is 2.63. The second-order valence-electron chi connectivity index (χ2n) is 5.14. The van der Waals surface area contributed by atoms with Crippen LogP contribution in [0.1, 0.15) is 22.8 Å². The number of hydrazone groups is 1. The Morgan fingerprint density at radius 1 is 1.23 bits per heavy atom. The Balaban J connectivity index is 1.81. The van der Waals surface area contributed by atoms with Gasteiger partial charge in [0.15, 0.2) is 0 Å². The Hall–Kier alpha value is -2.87. The maximum absolute atomic E-state index is 12.0. The highest BCUT2D eigenvalue weighted by Crippen LogP contribution is 2.19. The molecule has 0 aromatic heterocycles. The van der Waals surface area contributed by atoms with Crippen LogP contribution in [0.3, 0.4) is 0 Å². The summed E-state index contributed by atoms with van der Waals surface area (Å²) in [6.45, 7) is 2.19. The van der Waals surface area contributed by atoms with Gasteiger partial charge < -0.3 is 15.2 Å². The lowest BCUT2D eigenvalue weighted by molar-refractivity contribution is -0.120. The topological polar surface area (TPSA) is 100 Å². The first-order valence-corrected chi connectivity index (χ1v) is 8.60. The number of phenols is 1. The van der Waals surface area contributed by atoms with Gasteiger partial charge in [-0.1, -0.05) is 15.9 Å². The lowest BCUT2D eigenvalue weighted by Gasteiger charge is -2.06. The molecule has 7 nitrogen and oxygen atoms in total. The molecule has 2 amide bonds. The van der Waals surface area contributed by atoms with Crippen LogP contribution < -0.4 is 15.5 Å². The van der Waals surface area contributed by atoms with Gasteiger partial charge in [0.05, 0.1) is 19.4 Å². The summed E-state index contributed by atoms with van der Waals surface area (Å²) in [6, 6.07) is 11.4. The molecule has 26 heavy (non-hydrogen) atoms. The number of nitrogens with zero attached hydrogens (tertiary/aromatic N) is 1. The van der Waals surface area contributed by atoms with E-state index < -0.39 is 5.91 Å². The standard InChI is InChI=1S/C18H18BrN3O4/c1-2-26-15-6-3-12(4-7-15)18(25)20-11-17(24)22-21-10-13-9-14(19)5-8-16(13)23/h3-10,23H,2,11H2,1H3,(H,20,25)(H,22,24)/b21-10+. The first-order chi connectivity index (χ1) is 12.5. The number of halogens is 1. The van der Waals surface area contributed by atoms with Crippen molar-refractivity contribution in [1.29, 1.82) is 0 Å². The monoisotopic (exact) mass is 419 g/mol. The van der Waals surface area contributed by atoms with Gasteiger partial charge in [0.2, 0.25) is 0 Å². The van der Waals surface area contributed by atoms with Crippen molar-refractivity contribution in [2.75, 3.05) is 13.2 Å². The molecular weight excluding hydrogens is 402 g/mol. The van der Waals surface area contributed by atoms with Crippen molar-refractivity contribution in [1.82, 2.24) is 10.7 Å². The van der Waals surface area contributed by atoms with Gasteiger partial charge in [0.25, 0.3) is 11.8 Å². The predicted octanol–water partition coefficient (Wildman–Crippen LogP) is 2.43. The quantitative estimate of drug-likeness (QED) is 0.473. The minimum absolute atomic E-state index is 0.0370. The van der Waals surface area contributed by atoms with E-state index in [1.807, 2.05) is 6.92 Å². The molecule has 0 heterocycles. The molecule has 0 saturated heterocycles. The Morgan fingerprint density at radius 3 is 2.65 bits per heavy atom. The lowest BCUT2D eigenvalue weighted by Crippen LogP contribution is -2.34. The van der Waals surface area contributed by atoms with E-state index >= 15 is 0 Å². The number of rotatable bonds is 7. The number of carbonyl (C=O) groups excluding carboxylic acids is 2. The molecular formula is C18H18BrN3O4. The first kappa shape index (κ1) is 19.5. The third-order valence-corrected chi connectivity index (χ3v) is 3.71. The molecule has 8 heteroatoms. The van der Waals surface area contributed by atoms with E-state index in [2.05, 4.69) is 31.8 Å². The highest BCUT2D eigenvalue weighted by Gasteiger charge is 2.08. The van der Waals surface area contributed by atoms with Crippen LogP contribution in [0.15, 0.2) is 52.0 Å². The van der Waals surface area contributed by atoms with Crippen molar-refractivity contribution in [3.63, 3.8) is 0 Å². The smallest absolute Gasteiger partial charge is 0.259 e. The van der Waals surface area contributed by atoms with E-state index in [-0.39, 0.29) is 18.2 Å². The van der Waals surface area contributed by atoms with Gasteiger partial charge >= 0.3 is 0 Å². The van der Waals surface area contributed by atoms with Crippen LogP contribution in [0.2, 0.25) is 0 Å². The predicted molar refractivity (Wildman–Crippen MR) is 101 cm³/mol. The molecule has 2 rings (SSSR count). The fraction of sp³-hybridized carbons (Fsp3) is 0.167. The minimum Gasteiger partial charge on any atom is -0.507 e. The highest BCUT2D eigenvalue weighted by atomic mass is 79.9. The Kier molecular flexibility index (Phi) is 7.16. The number of aromatic hydroxyl groups is 1. The SMILES string of the molecule is CCOc1ccc(C(=O)NCC(=O)N/N=C/c2cc(Br)ccc2O)cc1. The summed E-state index contributed by atoms with van der Waals surface area (Å²) in [7, 11) is 0. The molecule has 0 aliphatic rings. The van der Waals surface area contributed by atoms with E-state index in [1.54, 1.807) is 36.4 Å². The van der Waals surface area contributed by atoms with Crippen LogP contribution in [0.5, 0.6) is 11.5 Å². The molecule has 2 aromatic carbocycles. The molecule has 2 aromatic rings. The maximum atomic E-state index is 12.0. The van der Waals surface area contributed by atoms with Gasteiger partial charge in [0.1, 0.15) is 11.5 Å². The summed E-state index contributed by atoms with van der Waals surface area (Å²) < 4.78 is 6.07. The van der Waals surface area contributed by atoms with E-state index in [1.165, 1.54) is 12.3 Å². The molecule has 0 bridgehead atoms. The van der Waals surface area contributed by atoms with Gasteiger partial charge in [-0.05, 0) is 49.4 Å². The fourth-order valence-corrected chi connectivity index (χ4v) is 2.35. The summed E-state index contributed by atoms with van der Waals surface area (Å²) in [6.07, 6.45) is 1.31. The minimum atomic E-state index is -0.491. The van der Waals surface area contributed by atoms with E-state index in [9.17, 15) is 14.7 Å². The summed E-state index contributed by atoms with van der Waals surface area (Å²) in [5, 5.41) is 15.9. The van der Waals surface area contributed by atoms with Crippen molar-refractivity contribution in [2.24, 2.45) is 5.10 Å². The Bertz CT molecular complexity index is 807. The number of nitrogens with one attached hydrogen (secondary N) is 2. The number of phenolic OH excluding ortho intramolecular Hbond substituents is 1. The molecule has 0 atom stereocenters. The Labute approximate surface area is 159 Å². The third-order valence-electron chi connectivity index (χ3n) is 3.22. The van der Waals surface area contributed by atoms with E-state index in [0.29, 0.717) is 23.5 Å². The molecule has 0 aliphatic heterocycles. The number of amides is 2.